The zero-order valence-corrected chi connectivity index (χ0v) is 10.4. The van der Waals surface area contributed by atoms with E-state index < -0.39 is 17.0 Å². The van der Waals surface area contributed by atoms with Gasteiger partial charge in [-0.15, -0.1) is 0 Å². The Morgan fingerprint density at radius 3 is 2.44 bits per heavy atom. The molecule has 0 atom stereocenters. The number of hydrogen-bond acceptors (Lipinski definition) is 5. The van der Waals surface area contributed by atoms with Crippen LogP contribution in [0, 0.1) is 0 Å². The van der Waals surface area contributed by atoms with Gasteiger partial charge in [-0.2, -0.15) is 0 Å². The van der Waals surface area contributed by atoms with Crippen LogP contribution in [0.3, 0.4) is 0 Å². The molecule has 0 radical (unpaired) electrons. The van der Waals surface area contributed by atoms with Crippen LogP contribution in [0.1, 0.15) is 20.3 Å². The van der Waals surface area contributed by atoms with E-state index in [4.69, 9.17) is 5.11 Å². The number of piperazine rings is 1. The first-order chi connectivity index (χ1) is 8.28. The van der Waals surface area contributed by atoms with Crippen LogP contribution in [0.4, 0.5) is 0 Å². The average Bonchev–Trinajstić information content (AvgIpc) is 2.18. The van der Waals surface area contributed by atoms with Gasteiger partial charge in [-0.25, -0.2) is 0 Å². The lowest BCUT2D eigenvalue weighted by atomic mass is 9.81. The van der Waals surface area contributed by atoms with Crippen molar-refractivity contribution < 1.29 is 19.5 Å². The first-order valence-electron chi connectivity index (χ1n) is 5.82. The summed E-state index contributed by atoms with van der Waals surface area (Å²) in [7, 11) is 0. The van der Waals surface area contributed by atoms with Crippen LogP contribution in [-0.4, -0.2) is 58.5 Å². The summed E-state index contributed by atoms with van der Waals surface area (Å²) in [5.74, 6) is -1.68. The number of imide groups is 1. The van der Waals surface area contributed by atoms with Crippen molar-refractivity contribution in [1.29, 1.82) is 0 Å². The van der Waals surface area contributed by atoms with E-state index in [1.165, 1.54) is 0 Å². The molecule has 2 saturated heterocycles. The third-order valence-electron chi connectivity index (χ3n) is 3.75. The summed E-state index contributed by atoms with van der Waals surface area (Å²) in [4.78, 5) is 36.1. The van der Waals surface area contributed by atoms with E-state index in [1.807, 2.05) is 0 Å². The molecule has 0 aromatic heterocycles. The first kappa shape index (κ1) is 13.0. The average molecular weight is 255 g/mol. The Balaban J connectivity index is 2.31. The van der Waals surface area contributed by atoms with Gasteiger partial charge in [-0.3, -0.25) is 24.6 Å². The highest BCUT2D eigenvalue weighted by molar-refractivity contribution is 6.03. The van der Waals surface area contributed by atoms with Crippen LogP contribution in [0.2, 0.25) is 0 Å². The number of nitrogens with zero attached hydrogens (tertiary/aromatic N) is 1. The molecule has 2 aliphatic rings. The fourth-order valence-corrected chi connectivity index (χ4v) is 2.65. The summed E-state index contributed by atoms with van der Waals surface area (Å²) in [6.07, 6.45) is -0.0794. The molecule has 3 N–H and O–H groups in total. The van der Waals surface area contributed by atoms with Crippen molar-refractivity contribution in [2.24, 2.45) is 0 Å². The Hall–Kier alpha value is -1.47. The topological polar surface area (TPSA) is 98.7 Å². The van der Waals surface area contributed by atoms with E-state index in [0.29, 0.717) is 13.1 Å². The highest BCUT2D eigenvalue weighted by Gasteiger charge is 2.54. The van der Waals surface area contributed by atoms with E-state index in [-0.39, 0.29) is 24.8 Å². The number of carbonyl (C=O) groups is 3. The fourth-order valence-electron chi connectivity index (χ4n) is 2.65. The standard InChI is InChI=1S/C11H17N3O4/c1-10(2)9(18)13-7(15)4-14(10)11(3-8(16)17)5-12-6-11/h12H,3-6H2,1-2H3,(H,16,17)(H,13,15,18). The monoisotopic (exact) mass is 255 g/mol. The van der Waals surface area contributed by atoms with Gasteiger partial charge in [0.2, 0.25) is 11.8 Å². The second-order valence-electron chi connectivity index (χ2n) is 5.42. The summed E-state index contributed by atoms with van der Waals surface area (Å²) < 4.78 is 0. The molecule has 0 aromatic carbocycles. The zero-order chi connectivity index (χ0) is 13.6. The van der Waals surface area contributed by atoms with Gasteiger partial charge < -0.3 is 10.4 Å². The molecule has 0 bridgehead atoms. The molecule has 0 unspecified atom stereocenters. The van der Waals surface area contributed by atoms with Crippen molar-refractivity contribution in [1.82, 2.24) is 15.5 Å². The molecular formula is C11H17N3O4. The van der Waals surface area contributed by atoms with Crippen LogP contribution < -0.4 is 10.6 Å². The molecule has 18 heavy (non-hydrogen) atoms. The van der Waals surface area contributed by atoms with Crippen molar-refractivity contribution in [2.45, 2.75) is 31.3 Å². The maximum absolute atomic E-state index is 11.9. The highest BCUT2D eigenvalue weighted by Crippen LogP contribution is 2.33. The second-order valence-corrected chi connectivity index (χ2v) is 5.42. The van der Waals surface area contributed by atoms with Crippen molar-refractivity contribution in [2.75, 3.05) is 19.6 Å². The number of carboxylic acids is 1. The molecule has 7 heteroatoms. The van der Waals surface area contributed by atoms with E-state index in [1.54, 1.807) is 18.7 Å². The molecule has 2 amide bonds. The van der Waals surface area contributed by atoms with Crippen molar-refractivity contribution >= 4 is 17.8 Å². The van der Waals surface area contributed by atoms with Gasteiger partial charge in [0.05, 0.1) is 24.0 Å². The largest absolute Gasteiger partial charge is 0.481 e. The van der Waals surface area contributed by atoms with Gasteiger partial charge in [0.25, 0.3) is 0 Å². The van der Waals surface area contributed by atoms with E-state index in [0.717, 1.165) is 0 Å². The predicted molar refractivity (Wildman–Crippen MR) is 61.8 cm³/mol. The quantitative estimate of drug-likeness (QED) is 0.533. The molecule has 2 heterocycles. The smallest absolute Gasteiger partial charge is 0.305 e. The third kappa shape index (κ3) is 1.89. The van der Waals surface area contributed by atoms with Crippen LogP contribution in [0.15, 0.2) is 0 Å². The van der Waals surface area contributed by atoms with Crippen molar-refractivity contribution in [3.63, 3.8) is 0 Å². The van der Waals surface area contributed by atoms with E-state index >= 15 is 0 Å². The molecule has 100 valence electrons. The summed E-state index contributed by atoms with van der Waals surface area (Å²) >= 11 is 0. The third-order valence-corrected chi connectivity index (χ3v) is 3.75. The molecule has 0 saturated carbocycles. The van der Waals surface area contributed by atoms with E-state index in [2.05, 4.69) is 10.6 Å². The Labute approximate surface area is 105 Å². The summed E-state index contributed by atoms with van der Waals surface area (Å²) in [6.45, 7) is 4.41. The Bertz CT molecular complexity index is 415. The number of amides is 2. The fraction of sp³-hybridized carbons (Fsp3) is 0.727. The molecular weight excluding hydrogens is 238 g/mol. The molecule has 0 aliphatic carbocycles. The minimum Gasteiger partial charge on any atom is -0.481 e. The van der Waals surface area contributed by atoms with Gasteiger partial charge in [-0.1, -0.05) is 0 Å². The maximum Gasteiger partial charge on any atom is 0.305 e. The SMILES string of the molecule is CC1(C)C(=O)NC(=O)CN1C1(CC(=O)O)CNC1. The maximum atomic E-state index is 11.9. The number of aliphatic carboxylic acids is 1. The van der Waals surface area contributed by atoms with Gasteiger partial charge in [0.1, 0.15) is 0 Å². The number of carbonyl (C=O) groups excluding carboxylic acids is 2. The van der Waals surface area contributed by atoms with Crippen molar-refractivity contribution in [3.8, 4) is 0 Å². The van der Waals surface area contributed by atoms with Crippen LogP contribution >= 0.6 is 0 Å². The molecule has 0 aromatic rings. The lowest BCUT2D eigenvalue weighted by Crippen LogP contribution is -2.78. The molecule has 0 spiro atoms. The van der Waals surface area contributed by atoms with E-state index in [9.17, 15) is 14.4 Å². The number of nitrogens with one attached hydrogen (secondary N) is 2. The number of hydrogen-bond donors (Lipinski definition) is 3. The van der Waals surface area contributed by atoms with Gasteiger partial charge in [0.15, 0.2) is 0 Å². The summed E-state index contributed by atoms with van der Waals surface area (Å²) in [5, 5.41) is 14.3. The highest BCUT2D eigenvalue weighted by atomic mass is 16.4. The van der Waals surface area contributed by atoms with Crippen molar-refractivity contribution in [3.05, 3.63) is 0 Å². The Kier molecular flexibility index (Phi) is 2.90. The van der Waals surface area contributed by atoms with Crippen LogP contribution in [0.25, 0.3) is 0 Å². The minimum absolute atomic E-state index is 0.0493. The molecule has 2 fully saturated rings. The Morgan fingerprint density at radius 1 is 1.39 bits per heavy atom. The minimum atomic E-state index is -0.925. The lowest BCUT2D eigenvalue weighted by molar-refractivity contribution is -0.160. The van der Waals surface area contributed by atoms with Crippen LogP contribution in [0.5, 0.6) is 0 Å². The Morgan fingerprint density at radius 2 is 2.00 bits per heavy atom. The number of rotatable bonds is 3. The second kappa shape index (κ2) is 4.03. The first-order valence-corrected chi connectivity index (χ1v) is 5.82. The summed E-state index contributed by atoms with van der Waals surface area (Å²) in [6, 6.07) is 0. The van der Waals surface area contributed by atoms with Gasteiger partial charge in [0, 0.05) is 13.1 Å². The molecule has 7 nitrogen and oxygen atoms in total. The van der Waals surface area contributed by atoms with Crippen LogP contribution in [-0.2, 0) is 14.4 Å². The predicted octanol–water partition coefficient (Wildman–Crippen LogP) is -1.46. The zero-order valence-electron chi connectivity index (χ0n) is 10.4. The number of carboxylic acid groups (broad SMARTS) is 1. The normalized spacial score (nSPS) is 26.3. The molecule has 2 rings (SSSR count). The van der Waals surface area contributed by atoms with Gasteiger partial charge >= 0.3 is 5.97 Å². The summed E-state index contributed by atoms with van der Waals surface area (Å²) in [5.41, 5.74) is -1.53. The van der Waals surface area contributed by atoms with Gasteiger partial charge in [-0.05, 0) is 13.8 Å². The lowest BCUT2D eigenvalue weighted by Gasteiger charge is -2.56. The molecule has 2 aliphatic heterocycles.